The summed E-state index contributed by atoms with van der Waals surface area (Å²) in [6, 6.07) is 7.28. The smallest absolute Gasteiger partial charge is 0.127 e. The Morgan fingerprint density at radius 3 is 2.94 bits per heavy atom. The van der Waals surface area contributed by atoms with Crippen LogP contribution in [0, 0.1) is 17.1 Å². The van der Waals surface area contributed by atoms with E-state index in [1.54, 1.807) is 6.07 Å². The van der Waals surface area contributed by atoms with Crippen molar-refractivity contribution in [1.82, 2.24) is 9.55 Å². The van der Waals surface area contributed by atoms with Gasteiger partial charge in [-0.3, -0.25) is 0 Å². The summed E-state index contributed by atoms with van der Waals surface area (Å²) in [5.74, 6) is 0.218. The van der Waals surface area contributed by atoms with Crippen LogP contribution in [0.5, 0.6) is 0 Å². The Morgan fingerprint density at radius 1 is 1.53 bits per heavy atom. The summed E-state index contributed by atoms with van der Waals surface area (Å²) in [4.78, 5) is 4.41. The molecule has 1 aliphatic carbocycles. The molecule has 2 aromatic rings. The van der Waals surface area contributed by atoms with Gasteiger partial charge in [-0.1, -0.05) is 0 Å². The average molecular weight is 229 g/mol. The molecule has 1 heterocycles. The van der Waals surface area contributed by atoms with Crippen molar-refractivity contribution in [2.24, 2.45) is 0 Å². The van der Waals surface area contributed by atoms with Crippen molar-refractivity contribution in [1.29, 1.82) is 5.26 Å². The van der Waals surface area contributed by atoms with Crippen molar-refractivity contribution in [3.05, 3.63) is 29.8 Å². The Hall–Kier alpha value is -1.89. The van der Waals surface area contributed by atoms with E-state index in [1.165, 1.54) is 12.1 Å². The van der Waals surface area contributed by atoms with Crippen molar-refractivity contribution in [2.45, 2.75) is 31.7 Å². The third-order valence-electron chi connectivity index (χ3n) is 3.17. The van der Waals surface area contributed by atoms with Gasteiger partial charge in [0.05, 0.1) is 17.1 Å². The highest BCUT2D eigenvalue weighted by atomic mass is 19.1. The predicted molar refractivity (Wildman–Crippen MR) is 62.0 cm³/mol. The van der Waals surface area contributed by atoms with Crippen LogP contribution >= 0.6 is 0 Å². The van der Waals surface area contributed by atoms with Crippen LogP contribution in [0.15, 0.2) is 18.2 Å². The average Bonchev–Trinajstić information content (AvgIpc) is 3.09. The maximum atomic E-state index is 13.2. The van der Waals surface area contributed by atoms with Gasteiger partial charge in [0.25, 0.3) is 0 Å². The lowest BCUT2D eigenvalue weighted by Gasteiger charge is -2.08. The minimum atomic E-state index is -0.283. The Balaban J connectivity index is 2.27. The first kappa shape index (κ1) is 10.3. The minimum Gasteiger partial charge on any atom is -0.324 e. The molecule has 4 heteroatoms. The molecule has 0 bridgehead atoms. The van der Waals surface area contributed by atoms with Crippen LogP contribution in [0.2, 0.25) is 0 Å². The molecule has 0 amide bonds. The molecule has 1 aromatic carbocycles. The number of fused-ring (bicyclic) bond motifs is 1. The monoisotopic (exact) mass is 229 g/mol. The van der Waals surface area contributed by atoms with Gasteiger partial charge in [0.1, 0.15) is 17.6 Å². The van der Waals surface area contributed by atoms with Gasteiger partial charge in [-0.15, -0.1) is 0 Å². The molecule has 17 heavy (non-hydrogen) atoms. The highest BCUT2D eigenvalue weighted by Crippen LogP contribution is 2.40. The third kappa shape index (κ3) is 1.59. The fourth-order valence-electron chi connectivity index (χ4n) is 2.17. The Morgan fingerprint density at radius 2 is 2.29 bits per heavy atom. The maximum absolute atomic E-state index is 13.2. The van der Waals surface area contributed by atoms with Gasteiger partial charge in [0.15, 0.2) is 0 Å². The number of halogens is 1. The van der Waals surface area contributed by atoms with Gasteiger partial charge < -0.3 is 4.57 Å². The fourth-order valence-corrected chi connectivity index (χ4v) is 2.17. The molecular weight excluding hydrogens is 217 g/mol. The van der Waals surface area contributed by atoms with Crippen molar-refractivity contribution in [2.75, 3.05) is 0 Å². The van der Waals surface area contributed by atoms with E-state index in [1.807, 2.05) is 6.92 Å². The second kappa shape index (κ2) is 3.56. The molecule has 0 saturated heterocycles. The van der Waals surface area contributed by atoms with E-state index in [9.17, 15) is 4.39 Å². The number of nitriles is 1. The summed E-state index contributed by atoms with van der Waals surface area (Å²) < 4.78 is 15.3. The molecule has 3 nitrogen and oxygen atoms in total. The third-order valence-corrected chi connectivity index (χ3v) is 3.17. The van der Waals surface area contributed by atoms with Crippen LogP contribution in [0.4, 0.5) is 4.39 Å². The summed E-state index contributed by atoms with van der Waals surface area (Å²) in [5.41, 5.74) is 1.58. The molecule has 0 radical (unpaired) electrons. The first-order valence-electron chi connectivity index (χ1n) is 5.77. The van der Waals surface area contributed by atoms with E-state index >= 15 is 0 Å². The van der Waals surface area contributed by atoms with Crippen LogP contribution in [-0.2, 0) is 0 Å². The highest BCUT2D eigenvalue weighted by Gasteiger charge is 2.29. The minimum absolute atomic E-state index is 0.258. The maximum Gasteiger partial charge on any atom is 0.127 e. The number of nitrogens with zero attached hydrogens (tertiary/aromatic N) is 3. The molecule has 1 aromatic heterocycles. The zero-order valence-corrected chi connectivity index (χ0v) is 9.52. The summed E-state index contributed by atoms with van der Waals surface area (Å²) in [5, 5.41) is 9.02. The number of aromatic nitrogens is 2. The van der Waals surface area contributed by atoms with Crippen LogP contribution in [0.25, 0.3) is 11.0 Å². The quantitative estimate of drug-likeness (QED) is 0.793. The van der Waals surface area contributed by atoms with Gasteiger partial charge in [-0.2, -0.15) is 5.26 Å². The lowest BCUT2D eigenvalue weighted by atomic mass is 10.2. The Labute approximate surface area is 98.5 Å². The van der Waals surface area contributed by atoms with E-state index < -0.39 is 0 Å². The van der Waals surface area contributed by atoms with E-state index in [-0.39, 0.29) is 11.7 Å². The van der Waals surface area contributed by atoms with Crippen LogP contribution < -0.4 is 0 Å². The van der Waals surface area contributed by atoms with E-state index in [0.717, 1.165) is 24.2 Å². The van der Waals surface area contributed by atoms with Crippen molar-refractivity contribution < 1.29 is 4.39 Å². The number of hydrogen-bond acceptors (Lipinski definition) is 2. The summed E-state index contributed by atoms with van der Waals surface area (Å²) in [6.07, 6.45) is 2.24. The van der Waals surface area contributed by atoms with Crippen molar-refractivity contribution in [3.63, 3.8) is 0 Å². The van der Waals surface area contributed by atoms with Crippen molar-refractivity contribution >= 4 is 11.0 Å². The number of imidazole rings is 1. The molecule has 0 spiro atoms. The van der Waals surface area contributed by atoms with Crippen LogP contribution in [0.3, 0.4) is 0 Å². The van der Waals surface area contributed by atoms with Gasteiger partial charge in [-0.05, 0) is 31.9 Å². The molecule has 1 atom stereocenters. The van der Waals surface area contributed by atoms with Gasteiger partial charge >= 0.3 is 0 Å². The van der Waals surface area contributed by atoms with Crippen LogP contribution in [-0.4, -0.2) is 9.55 Å². The molecule has 0 N–H and O–H groups in total. The summed E-state index contributed by atoms with van der Waals surface area (Å²) in [7, 11) is 0. The normalized spacial score (nSPS) is 17.0. The largest absolute Gasteiger partial charge is 0.324 e. The Bertz CT molecular complexity index is 619. The number of rotatable bonds is 2. The molecular formula is C13H12FN3. The lowest BCUT2D eigenvalue weighted by molar-refractivity contribution is 0.629. The second-order valence-electron chi connectivity index (χ2n) is 4.56. The number of benzene rings is 1. The Kier molecular flexibility index (Phi) is 2.15. The molecule has 3 rings (SSSR count). The molecule has 1 saturated carbocycles. The van der Waals surface area contributed by atoms with E-state index in [0.29, 0.717) is 11.6 Å². The van der Waals surface area contributed by atoms with Gasteiger partial charge in [0, 0.05) is 12.1 Å². The summed E-state index contributed by atoms with van der Waals surface area (Å²) in [6.45, 7) is 1.83. The van der Waals surface area contributed by atoms with Crippen molar-refractivity contribution in [3.8, 4) is 6.07 Å². The molecule has 0 aliphatic heterocycles. The van der Waals surface area contributed by atoms with Gasteiger partial charge in [0.2, 0.25) is 0 Å². The summed E-state index contributed by atoms with van der Waals surface area (Å²) >= 11 is 0. The molecule has 1 fully saturated rings. The lowest BCUT2D eigenvalue weighted by Crippen LogP contribution is -2.04. The SMILES string of the molecule is CC(C#N)c1nc2cc(F)ccc2n1C1CC1. The number of hydrogen-bond donors (Lipinski definition) is 0. The molecule has 1 unspecified atom stereocenters. The zero-order chi connectivity index (χ0) is 12.0. The first-order valence-corrected chi connectivity index (χ1v) is 5.77. The van der Waals surface area contributed by atoms with Crippen LogP contribution in [0.1, 0.15) is 37.5 Å². The standard InChI is InChI=1S/C13H12FN3/c1-8(7-15)13-16-11-6-9(14)2-5-12(11)17(13)10-3-4-10/h2,5-6,8,10H,3-4H2,1H3. The zero-order valence-electron chi connectivity index (χ0n) is 9.52. The fraction of sp³-hybridized carbons (Fsp3) is 0.385. The predicted octanol–water partition coefficient (Wildman–Crippen LogP) is 3.14. The molecule has 86 valence electrons. The second-order valence-corrected chi connectivity index (χ2v) is 4.56. The first-order chi connectivity index (χ1) is 8.20. The van der Waals surface area contributed by atoms with E-state index in [2.05, 4.69) is 15.6 Å². The van der Waals surface area contributed by atoms with Gasteiger partial charge in [-0.25, -0.2) is 9.37 Å². The topological polar surface area (TPSA) is 41.6 Å². The highest BCUT2D eigenvalue weighted by molar-refractivity contribution is 5.76. The molecule has 1 aliphatic rings. The van der Waals surface area contributed by atoms with E-state index in [4.69, 9.17) is 5.26 Å².